The van der Waals surface area contributed by atoms with Gasteiger partial charge in [0.1, 0.15) is 6.04 Å². The second kappa shape index (κ2) is 7.08. The van der Waals surface area contributed by atoms with Crippen LogP contribution in [0.5, 0.6) is 0 Å². The molecule has 2 aliphatic heterocycles. The molecule has 1 unspecified atom stereocenters. The number of nitrogens with one attached hydrogen (secondary N) is 2. The summed E-state index contributed by atoms with van der Waals surface area (Å²) in [6.07, 6.45) is 0.0429. The highest BCUT2D eigenvalue weighted by Crippen LogP contribution is 2.06. The zero-order valence-corrected chi connectivity index (χ0v) is 11.7. The van der Waals surface area contributed by atoms with Crippen LogP contribution in [0.25, 0.3) is 0 Å². The van der Waals surface area contributed by atoms with Crippen molar-refractivity contribution in [2.45, 2.75) is 26.3 Å². The van der Waals surface area contributed by atoms with Crippen LogP contribution in [-0.4, -0.2) is 66.9 Å². The Bertz CT molecular complexity index is 351. The first-order valence-electron chi connectivity index (χ1n) is 6.64. The van der Waals surface area contributed by atoms with E-state index in [0.29, 0.717) is 13.1 Å². The molecule has 0 saturated carbocycles. The lowest BCUT2D eigenvalue weighted by molar-refractivity contribution is -0.135. The van der Waals surface area contributed by atoms with Crippen LogP contribution in [0.4, 0.5) is 4.79 Å². The molecule has 7 heteroatoms. The number of piperazine rings is 1. The monoisotopic (exact) mass is 270 g/mol. The molecule has 0 spiro atoms. The van der Waals surface area contributed by atoms with Crippen LogP contribution >= 0.6 is 0 Å². The summed E-state index contributed by atoms with van der Waals surface area (Å²) in [4.78, 5) is 37.9. The average molecular weight is 270 g/mol. The maximum absolute atomic E-state index is 11.9. The van der Waals surface area contributed by atoms with Crippen molar-refractivity contribution >= 4 is 17.8 Å². The van der Waals surface area contributed by atoms with E-state index in [4.69, 9.17) is 0 Å². The molecule has 0 bridgehead atoms. The number of nitrogens with zero attached hydrogens (tertiary/aromatic N) is 2. The Morgan fingerprint density at radius 3 is 2.26 bits per heavy atom. The Morgan fingerprint density at radius 1 is 1.21 bits per heavy atom. The minimum Gasteiger partial charge on any atom is -0.340 e. The van der Waals surface area contributed by atoms with Crippen molar-refractivity contribution in [2.24, 2.45) is 0 Å². The van der Waals surface area contributed by atoms with Gasteiger partial charge in [-0.3, -0.25) is 14.9 Å². The molecule has 2 aliphatic rings. The average Bonchev–Trinajstić information content (AvgIpc) is 2.71. The molecule has 19 heavy (non-hydrogen) atoms. The Balaban J connectivity index is 0.000000861. The standard InChI is InChI=1S/C10H16N4O3.C2H6/c1-13-2-4-14(5-3-13)8(15)6-7-9(16)12-10(17)11-7;1-2/h7H,2-6H2,1H3,(H2,11,12,16,17);1-2H3. The lowest BCUT2D eigenvalue weighted by Gasteiger charge is -2.32. The van der Waals surface area contributed by atoms with Crippen LogP contribution in [0.15, 0.2) is 0 Å². The Hall–Kier alpha value is -1.63. The summed E-state index contributed by atoms with van der Waals surface area (Å²) in [5, 5.41) is 4.54. The Morgan fingerprint density at radius 2 is 1.79 bits per heavy atom. The smallest absolute Gasteiger partial charge is 0.322 e. The molecule has 0 aliphatic carbocycles. The third-order valence-electron chi connectivity index (χ3n) is 3.09. The second-order valence-electron chi connectivity index (χ2n) is 4.40. The van der Waals surface area contributed by atoms with Gasteiger partial charge in [-0.25, -0.2) is 4.79 Å². The molecular formula is C12H22N4O3. The molecule has 2 heterocycles. The molecule has 0 radical (unpaired) electrons. The zero-order chi connectivity index (χ0) is 14.4. The third kappa shape index (κ3) is 4.20. The lowest BCUT2D eigenvalue weighted by atomic mass is 10.2. The topological polar surface area (TPSA) is 81.8 Å². The van der Waals surface area contributed by atoms with Gasteiger partial charge in [0.15, 0.2) is 0 Å². The van der Waals surface area contributed by atoms with Crippen LogP contribution in [0, 0.1) is 0 Å². The fraction of sp³-hybridized carbons (Fsp3) is 0.750. The largest absolute Gasteiger partial charge is 0.340 e. The highest BCUT2D eigenvalue weighted by Gasteiger charge is 2.33. The first-order chi connectivity index (χ1) is 9.06. The zero-order valence-electron chi connectivity index (χ0n) is 11.7. The first-order valence-corrected chi connectivity index (χ1v) is 6.64. The maximum Gasteiger partial charge on any atom is 0.322 e. The molecule has 108 valence electrons. The molecule has 4 amide bonds. The number of urea groups is 1. The van der Waals surface area contributed by atoms with E-state index in [2.05, 4.69) is 15.5 Å². The van der Waals surface area contributed by atoms with Crippen LogP contribution in [0.1, 0.15) is 20.3 Å². The normalized spacial score (nSPS) is 23.3. The number of carbonyl (C=O) groups excluding carboxylic acids is 3. The Labute approximate surface area is 113 Å². The summed E-state index contributed by atoms with van der Waals surface area (Å²) < 4.78 is 0. The summed E-state index contributed by atoms with van der Waals surface area (Å²) in [7, 11) is 2.01. The molecule has 2 fully saturated rings. The van der Waals surface area contributed by atoms with E-state index in [1.807, 2.05) is 20.9 Å². The predicted octanol–water partition coefficient (Wildman–Crippen LogP) is -0.615. The van der Waals surface area contributed by atoms with Crippen molar-refractivity contribution in [3.63, 3.8) is 0 Å². The van der Waals surface area contributed by atoms with Crippen molar-refractivity contribution in [3.05, 3.63) is 0 Å². The molecular weight excluding hydrogens is 248 g/mol. The molecule has 1 atom stereocenters. The van der Waals surface area contributed by atoms with Gasteiger partial charge in [-0.05, 0) is 7.05 Å². The molecule has 0 aromatic carbocycles. The van der Waals surface area contributed by atoms with Crippen LogP contribution in [0.3, 0.4) is 0 Å². The van der Waals surface area contributed by atoms with E-state index in [1.165, 1.54) is 0 Å². The highest BCUT2D eigenvalue weighted by molar-refractivity contribution is 6.05. The quantitative estimate of drug-likeness (QED) is 0.656. The SMILES string of the molecule is CC.CN1CCN(C(=O)CC2NC(=O)NC2=O)CC1. The molecule has 2 rings (SSSR count). The maximum atomic E-state index is 11.9. The van der Waals surface area contributed by atoms with Gasteiger partial charge in [0.25, 0.3) is 5.91 Å². The molecule has 2 N–H and O–H groups in total. The number of hydrogen-bond acceptors (Lipinski definition) is 4. The molecule has 7 nitrogen and oxygen atoms in total. The van der Waals surface area contributed by atoms with Gasteiger partial charge >= 0.3 is 6.03 Å². The summed E-state index contributed by atoms with van der Waals surface area (Å²) >= 11 is 0. The van der Waals surface area contributed by atoms with Crippen molar-refractivity contribution in [1.29, 1.82) is 0 Å². The summed E-state index contributed by atoms with van der Waals surface area (Å²) in [5.41, 5.74) is 0. The number of hydrogen-bond donors (Lipinski definition) is 2. The van der Waals surface area contributed by atoms with E-state index in [9.17, 15) is 14.4 Å². The molecule has 0 aromatic rings. The summed E-state index contributed by atoms with van der Waals surface area (Å²) in [5.74, 6) is -0.502. The van der Waals surface area contributed by atoms with Crippen molar-refractivity contribution in [3.8, 4) is 0 Å². The van der Waals surface area contributed by atoms with Gasteiger partial charge in [0, 0.05) is 26.2 Å². The van der Waals surface area contributed by atoms with Crippen LogP contribution < -0.4 is 10.6 Å². The Kier molecular flexibility index (Phi) is 5.75. The number of carbonyl (C=O) groups is 3. The molecule has 0 aromatic heterocycles. The third-order valence-corrected chi connectivity index (χ3v) is 3.09. The fourth-order valence-electron chi connectivity index (χ4n) is 1.96. The first kappa shape index (κ1) is 15.4. The van der Waals surface area contributed by atoms with Crippen molar-refractivity contribution < 1.29 is 14.4 Å². The number of rotatable bonds is 2. The highest BCUT2D eigenvalue weighted by atomic mass is 16.2. The second-order valence-corrected chi connectivity index (χ2v) is 4.40. The minimum atomic E-state index is -0.713. The fourth-order valence-corrected chi connectivity index (χ4v) is 1.96. The number of amides is 4. The lowest BCUT2D eigenvalue weighted by Crippen LogP contribution is -2.48. The van der Waals surface area contributed by atoms with Gasteiger partial charge in [0.2, 0.25) is 5.91 Å². The minimum absolute atomic E-state index is 0.0429. The summed E-state index contributed by atoms with van der Waals surface area (Å²) in [6, 6.07) is -1.24. The van der Waals surface area contributed by atoms with E-state index in [0.717, 1.165) is 13.1 Å². The summed E-state index contributed by atoms with van der Waals surface area (Å²) in [6.45, 7) is 7.04. The van der Waals surface area contributed by atoms with E-state index in [-0.39, 0.29) is 12.3 Å². The van der Waals surface area contributed by atoms with Crippen LogP contribution in [0.2, 0.25) is 0 Å². The predicted molar refractivity (Wildman–Crippen MR) is 70.5 cm³/mol. The van der Waals surface area contributed by atoms with Gasteiger partial charge in [-0.1, -0.05) is 13.8 Å². The number of imide groups is 1. The van der Waals surface area contributed by atoms with Gasteiger partial charge in [0.05, 0.1) is 6.42 Å². The van der Waals surface area contributed by atoms with E-state index < -0.39 is 18.0 Å². The van der Waals surface area contributed by atoms with Gasteiger partial charge < -0.3 is 15.1 Å². The van der Waals surface area contributed by atoms with Crippen molar-refractivity contribution in [2.75, 3.05) is 33.2 Å². The van der Waals surface area contributed by atoms with Crippen molar-refractivity contribution in [1.82, 2.24) is 20.4 Å². The van der Waals surface area contributed by atoms with Crippen LogP contribution in [-0.2, 0) is 9.59 Å². The number of likely N-dealkylation sites (N-methyl/N-ethyl adjacent to an activating group) is 1. The molecule has 2 saturated heterocycles. The van der Waals surface area contributed by atoms with Gasteiger partial charge in [-0.2, -0.15) is 0 Å². The van der Waals surface area contributed by atoms with E-state index in [1.54, 1.807) is 4.90 Å². The van der Waals surface area contributed by atoms with E-state index >= 15 is 0 Å². The van der Waals surface area contributed by atoms with Gasteiger partial charge in [-0.15, -0.1) is 0 Å².